The van der Waals surface area contributed by atoms with Crippen molar-refractivity contribution in [3.05, 3.63) is 106 Å². The molecule has 0 radical (unpaired) electrons. The Labute approximate surface area is 229 Å². The highest BCUT2D eigenvalue weighted by Crippen LogP contribution is 2.23. The zero-order valence-corrected chi connectivity index (χ0v) is 22.9. The second-order valence-electron chi connectivity index (χ2n) is 9.79. The van der Waals surface area contributed by atoms with Gasteiger partial charge in [-0.2, -0.15) is 0 Å². The first-order valence-corrected chi connectivity index (χ1v) is 14.5. The van der Waals surface area contributed by atoms with Gasteiger partial charge in [-0.05, 0) is 42.5 Å². The van der Waals surface area contributed by atoms with Crippen molar-refractivity contribution in [2.24, 2.45) is 0 Å². The van der Waals surface area contributed by atoms with Crippen LogP contribution in [-0.4, -0.2) is 34.6 Å². The second-order valence-corrected chi connectivity index (χ2v) is 11.2. The first-order chi connectivity index (χ1) is 18.0. The predicted molar refractivity (Wildman–Crippen MR) is 154 cm³/mol. The van der Waals surface area contributed by atoms with Crippen LogP contribution in [-0.2, 0) is 28.3 Å². The number of hydrogen-bond donors (Lipinski definition) is 1. The Kier molecular flexibility index (Phi) is 10.1. The maximum atomic E-state index is 13.8. The molecule has 2 amide bonds. The number of carbonyl (C=O) groups is 2. The van der Waals surface area contributed by atoms with Crippen molar-refractivity contribution in [1.82, 2.24) is 10.2 Å². The average molecular weight is 535 g/mol. The fourth-order valence-corrected chi connectivity index (χ4v) is 5.93. The van der Waals surface area contributed by atoms with E-state index < -0.39 is 6.04 Å². The molecule has 3 aromatic carbocycles. The molecule has 4 rings (SSSR count). The number of halogens is 1. The van der Waals surface area contributed by atoms with Crippen LogP contribution < -0.4 is 5.32 Å². The summed E-state index contributed by atoms with van der Waals surface area (Å²) in [5.74, 6) is 0.894. The van der Waals surface area contributed by atoms with E-state index in [1.54, 1.807) is 16.7 Å². The predicted octanol–water partition coefficient (Wildman–Crippen LogP) is 6.58. The summed E-state index contributed by atoms with van der Waals surface area (Å²) in [5, 5.41) is 3.85. The lowest BCUT2D eigenvalue weighted by atomic mass is 10.0. The molecule has 1 fully saturated rings. The summed E-state index contributed by atoms with van der Waals surface area (Å²) in [6.45, 7) is 2.36. The van der Waals surface area contributed by atoms with Crippen molar-refractivity contribution in [1.29, 1.82) is 0 Å². The normalized spacial score (nSPS) is 14.3. The molecule has 0 bridgehead atoms. The molecule has 0 heterocycles. The van der Waals surface area contributed by atoms with E-state index in [9.17, 15) is 9.59 Å². The fraction of sp³-hybridized carbons (Fsp3) is 0.355. The zero-order chi connectivity index (χ0) is 26.0. The van der Waals surface area contributed by atoms with E-state index in [1.165, 1.54) is 11.1 Å². The molecule has 194 valence electrons. The number of nitrogens with one attached hydrogen (secondary N) is 1. The van der Waals surface area contributed by atoms with Crippen molar-refractivity contribution >= 4 is 35.2 Å². The van der Waals surface area contributed by atoms with Gasteiger partial charge in [0.25, 0.3) is 0 Å². The molecule has 0 unspecified atom stereocenters. The van der Waals surface area contributed by atoms with Gasteiger partial charge in [0.05, 0.1) is 5.75 Å². The van der Waals surface area contributed by atoms with Crippen LogP contribution in [0.2, 0.25) is 5.02 Å². The summed E-state index contributed by atoms with van der Waals surface area (Å²) in [6.07, 6.45) is 4.71. The maximum Gasteiger partial charge on any atom is 0.243 e. The SMILES string of the molecule is Cc1cccc(CSCC(=O)N(Cc2ccccc2Cl)[C@@H](Cc2ccccc2)C(=O)NC2CCCC2)c1. The topological polar surface area (TPSA) is 49.4 Å². The van der Waals surface area contributed by atoms with Crippen LogP contribution in [0.25, 0.3) is 0 Å². The molecule has 1 aliphatic carbocycles. The zero-order valence-electron chi connectivity index (χ0n) is 21.4. The van der Waals surface area contributed by atoms with Crippen molar-refractivity contribution in [3.8, 4) is 0 Å². The minimum Gasteiger partial charge on any atom is -0.352 e. The fourth-order valence-electron chi connectivity index (χ4n) is 4.87. The van der Waals surface area contributed by atoms with Crippen molar-refractivity contribution < 1.29 is 9.59 Å². The highest BCUT2D eigenvalue weighted by atomic mass is 35.5. The van der Waals surface area contributed by atoms with Crippen LogP contribution in [0, 0.1) is 6.92 Å². The third-order valence-electron chi connectivity index (χ3n) is 6.85. The van der Waals surface area contributed by atoms with Crippen molar-refractivity contribution in [2.45, 2.75) is 63.4 Å². The maximum absolute atomic E-state index is 13.8. The van der Waals surface area contributed by atoms with E-state index in [4.69, 9.17) is 11.6 Å². The summed E-state index contributed by atoms with van der Waals surface area (Å²) >= 11 is 8.09. The van der Waals surface area contributed by atoms with Crippen LogP contribution in [0.4, 0.5) is 0 Å². The van der Waals surface area contributed by atoms with Gasteiger partial charge in [-0.15, -0.1) is 11.8 Å². The van der Waals surface area contributed by atoms with E-state index in [0.717, 1.165) is 42.6 Å². The van der Waals surface area contributed by atoms with Crippen LogP contribution in [0.15, 0.2) is 78.9 Å². The summed E-state index contributed by atoms with van der Waals surface area (Å²) in [5.41, 5.74) is 4.26. The summed E-state index contributed by atoms with van der Waals surface area (Å²) in [7, 11) is 0. The van der Waals surface area contributed by atoms with Gasteiger partial charge in [0, 0.05) is 29.8 Å². The van der Waals surface area contributed by atoms with E-state index >= 15 is 0 Å². The third-order valence-corrected chi connectivity index (χ3v) is 8.21. The number of rotatable bonds is 11. The highest BCUT2D eigenvalue weighted by Gasteiger charge is 2.32. The van der Waals surface area contributed by atoms with Crippen LogP contribution in [0.1, 0.15) is 47.9 Å². The van der Waals surface area contributed by atoms with E-state index in [-0.39, 0.29) is 17.9 Å². The molecular formula is C31H35ClN2O2S. The number of hydrogen-bond acceptors (Lipinski definition) is 3. The molecule has 1 atom stereocenters. The molecule has 1 N–H and O–H groups in total. The number of amides is 2. The van der Waals surface area contributed by atoms with Crippen LogP contribution >= 0.6 is 23.4 Å². The smallest absolute Gasteiger partial charge is 0.243 e. The highest BCUT2D eigenvalue weighted by molar-refractivity contribution is 7.99. The van der Waals surface area contributed by atoms with Gasteiger partial charge in [-0.3, -0.25) is 9.59 Å². The quantitative estimate of drug-likeness (QED) is 0.302. The molecule has 0 aromatic heterocycles. The Morgan fingerprint density at radius 1 is 0.973 bits per heavy atom. The molecule has 0 aliphatic heterocycles. The van der Waals surface area contributed by atoms with Gasteiger partial charge in [-0.25, -0.2) is 0 Å². The largest absolute Gasteiger partial charge is 0.352 e. The van der Waals surface area contributed by atoms with Crippen LogP contribution in [0.3, 0.4) is 0 Å². The lowest BCUT2D eigenvalue weighted by Gasteiger charge is -2.32. The Bertz CT molecular complexity index is 1180. The molecule has 1 saturated carbocycles. The lowest BCUT2D eigenvalue weighted by molar-refractivity contribution is -0.139. The Hall–Kier alpha value is -2.76. The van der Waals surface area contributed by atoms with Gasteiger partial charge < -0.3 is 10.2 Å². The standard InChI is InChI=1S/C31H35ClN2O2S/c1-23-10-9-13-25(18-23)21-37-22-30(35)34(20-26-14-5-8-17-28(26)32)29(19-24-11-3-2-4-12-24)31(36)33-27-15-6-7-16-27/h2-5,8-14,17-18,27,29H,6-7,15-16,19-22H2,1H3,(H,33,36)/t29-/m0/s1. The van der Waals surface area contributed by atoms with Gasteiger partial charge in [0.2, 0.25) is 11.8 Å². The van der Waals surface area contributed by atoms with Gasteiger partial charge in [0.1, 0.15) is 6.04 Å². The first kappa shape index (κ1) is 27.3. The summed E-state index contributed by atoms with van der Waals surface area (Å²) in [6, 6.07) is 25.4. The second kappa shape index (κ2) is 13.7. The molecular weight excluding hydrogens is 500 g/mol. The number of aryl methyl sites for hydroxylation is 1. The lowest BCUT2D eigenvalue weighted by Crippen LogP contribution is -2.52. The van der Waals surface area contributed by atoms with E-state index in [1.807, 2.05) is 60.7 Å². The summed E-state index contributed by atoms with van der Waals surface area (Å²) in [4.78, 5) is 29.2. The first-order valence-electron chi connectivity index (χ1n) is 13.0. The number of carbonyl (C=O) groups excluding carboxylic acids is 2. The van der Waals surface area contributed by atoms with Gasteiger partial charge >= 0.3 is 0 Å². The number of benzene rings is 3. The minimum absolute atomic E-state index is 0.0555. The van der Waals surface area contributed by atoms with E-state index in [0.29, 0.717) is 23.7 Å². The third kappa shape index (κ3) is 8.11. The van der Waals surface area contributed by atoms with Crippen LogP contribution in [0.5, 0.6) is 0 Å². The van der Waals surface area contributed by atoms with Crippen molar-refractivity contribution in [3.63, 3.8) is 0 Å². The molecule has 0 spiro atoms. The van der Waals surface area contributed by atoms with Gasteiger partial charge in [0.15, 0.2) is 0 Å². The Morgan fingerprint density at radius 2 is 1.68 bits per heavy atom. The Balaban J connectivity index is 1.57. The number of nitrogens with zero attached hydrogens (tertiary/aromatic N) is 1. The van der Waals surface area contributed by atoms with Gasteiger partial charge in [-0.1, -0.05) is 103 Å². The molecule has 37 heavy (non-hydrogen) atoms. The molecule has 1 aliphatic rings. The monoisotopic (exact) mass is 534 g/mol. The molecule has 0 saturated heterocycles. The molecule has 3 aromatic rings. The van der Waals surface area contributed by atoms with E-state index in [2.05, 4.69) is 30.4 Å². The Morgan fingerprint density at radius 3 is 2.41 bits per heavy atom. The van der Waals surface area contributed by atoms with Crippen molar-refractivity contribution in [2.75, 3.05) is 5.75 Å². The molecule has 6 heteroatoms. The molecule has 4 nitrogen and oxygen atoms in total. The average Bonchev–Trinajstić information content (AvgIpc) is 3.41. The number of thioether (sulfide) groups is 1. The minimum atomic E-state index is -0.619. The summed E-state index contributed by atoms with van der Waals surface area (Å²) < 4.78 is 0.